The van der Waals surface area contributed by atoms with Gasteiger partial charge < -0.3 is 14.2 Å². The molecule has 26 heavy (non-hydrogen) atoms. The molecule has 0 N–H and O–H groups in total. The average Bonchev–Trinajstić information content (AvgIpc) is 2.72. The Labute approximate surface area is 155 Å². The standard InChI is InChI=1S/C22H27NO3/c1-4-23-12-8-11-18-21(23)16-13-19(24-2)20(25-3)14-17(16)22(26-18)15-9-6-5-7-10-15/h5-7,9-10,13-14,18,21-22H,4,8,11-12H2,1-3H3/t18-,21-,22?/m0/s1. The number of hydrogen-bond donors (Lipinski definition) is 0. The maximum Gasteiger partial charge on any atom is 0.161 e. The largest absolute Gasteiger partial charge is 0.493 e. The van der Waals surface area contributed by atoms with Crippen LogP contribution >= 0.6 is 0 Å². The van der Waals surface area contributed by atoms with E-state index in [0.29, 0.717) is 0 Å². The van der Waals surface area contributed by atoms with E-state index in [1.165, 1.54) is 23.1 Å². The first-order valence-corrected chi connectivity index (χ1v) is 9.47. The van der Waals surface area contributed by atoms with Crippen molar-refractivity contribution in [1.82, 2.24) is 4.90 Å². The summed E-state index contributed by atoms with van der Waals surface area (Å²) in [6, 6.07) is 15.0. The van der Waals surface area contributed by atoms with Crippen LogP contribution in [0, 0.1) is 0 Å². The Kier molecular flexibility index (Phi) is 4.88. The van der Waals surface area contributed by atoms with Gasteiger partial charge in [0.25, 0.3) is 0 Å². The Morgan fingerprint density at radius 3 is 2.38 bits per heavy atom. The molecule has 4 nitrogen and oxygen atoms in total. The predicted octanol–water partition coefficient (Wildman–Crippen LogP) is 4.35. The van der Waals surface area contributed by atoms with Crippen LogP contribution in [0.5, 0.6) is 11.5 Å². The maximum atomic E-state index is 6.67. The maximum absolute atomic E-state index is 6.67. The third-order valence-corrected chi connectivity index (χ3v) is 5.69. The van der Waals surface area contributed by atoms with Crippen molar-refractivity contribution in [2.45, 2.75) is 38.0 Å². The van der Waals surface area contributed by atoms with E-state index >= 15 is 0 Å². The second-order valence-electron chi connectivity index (χ2n) is 7.02. The fourth-order valence-corrected chi connectivity index (χ4v) is 4.45. The molecule has 0 amide bonds. The molecule has 0 aliphatic carbocycles. The highest BCUT2D eigenvalue weighted by atomic mass is 16.5. The number of benzene rings is 2. The molecule has 2 aromatic rings. The van der Waals surface area contributed by atoms with Crippen LogP contribution in [0.3, 0.4) is 0 Å². The van der Waals surface area contributed by atoms with E-state index in [-0.39, 0.29) is 18.2 Å². The predicted molar refractivity (Wildman–Crippen MR) is 102 cm³/mol. The highest BCUT2D eigenvalue weighted by Gasteiger charge is 2.41. The van der Waals surface area contributed by atoms with E-state index in [1.54, 1.807) is 14.2 Å². The molecule has 2 aliphatic rings. The Morgan fingerprint density at radius 2 is 1.73 bits per heavy atom. The number of piperidine rings is 1. The molecule has 0 aromatic heterocycles. The van der Waals surface area contributed by atoms with E-state index in [1.807, 2.05) is 6.07 Å². The number of hydrogen-bond acceptors (Lipinski definition) is 4. The molecule has 3 atom stereocenters. The summed E-state index contributed by atoms with van der Waals surface area (Å²) in [7, 11) is 3.39. The van der Waals surface area contributed by atoms with Crippen molar-refractivity contribution in [3.8, 4) is 11.5 Å². The van der Waals surface area contributed by atoms with Gasteiger partial charge in [0.15, 0.2) is 11.5 Å². The van der Waals surface area contributed by atoms with Gasteiger partial charge in [0.05, 0.1) is 26.4 Å². The van der Waals surface area contributed by atoms with Crippen LogP contribution in [-0.4, -0.2) is 38.3 Å². The second kappa shape index (κ2) is 7.29. The summed E-state index contributed by atoms with van der Waals surface area (Å²) in [5.74, 6) is 1.55. The van der Waals surface area contributed by atoms with Crippen molar-refractivity contribution < 1.29 is 14.2 Å². The van der Waals surface area contributed by atoms with Gasteiger partial charge in [0.1, 0.15) is 6.10 Å². The van der Waals surface area contributed by atoms with Crippen molar-refractivity contribution in [3.63, 3.8) is 0 Å². The van der Waals surface area contributed by atoms with Crippen LogP contribution in [0.15, 0.2) is 42.5 Å². The molecule has 1 unspecified atom stereocenters. The van der Waals surface area contributed by atoms with Gasteiger partial charge in [-0.1, -0.05) is 37.3 Å². The molecular weight excluding hydrogens is 326 g/mol. The van der Waals surface area contributed by atoms with E-state index in [9.17, 15) is 0 Å². The van der Waals surface area contributed by atoms with E-state index in [4.69, 9.17) is 14.2 Å². The summed E-state index contributed by atoms with van der Waals surface area (Å²) in [6.07, 6.45) is 2.42. The number of likely N-dealkylation sites (N-methyl/N-ethyl adjacent to an activating group) is 1. The monoisotopic (exact) mass is 353 g/mol. The van der Waals surface area contributed by atoms with Gasteiger partial charge in [0, 0.05) is 0 Å². The van der Waals surface area contributed by atoms with Crippen LogP contribution in [0.25, 0.3) is 0 Å². The summed E-state index contributed by atoms with van der Waals surface area (Å²) >= 11 is 0. The molecule has 2 aromatic carbocycles. The van der Waals surface area contributed by atoms with Gasteiger partial charge in [-0.25, -0.2) is 0 Å². The van der Waals surface area contributed by atoms with Crippen molar-refractivity contribution in [2.75, 3.05) is 27.3 Å². The van der Waals surface area contributed by atoms with Crippen molar-refractivity contribution in [3.05, 3.63) is 59.2 Å². The Balaban J connectivity index is 1.88. The van der Waals surface area contributed by atoms with E-state index < -0.39 is 0 Å². The first-order valence-electron chi connectivity index (χ1n) is 9.47. The first kappa shape index (κ1) is 17.4. The van der Waals surface area contributed by atoms with Crippen LogP contribution < -0.4 is 9.47 Å². The molecule has 0 spiro atoms. The summed E-state index contributed by atoms with van der Waals surface area (Å²) in [5, 5.41) is 0. The zero-order valence-electron chi connectivity index (χ0n) is 15.8. The van der Waals surface area contributed by atoms with Gasteiger partial charge in [0.2, 0.25) is 0 Å². The minimum atomic E-state index is -0.0657. The van der Waals surface area contributed by atoms with Crippen molar-refractivity contribution in [1.29, 1.82) is 0 Å². The lowest BCUT2D eigenvalue weighted by Gasteiger charge is -2.47. The summed E-state index contributed by atoms with van der Waals surface area (Å²) in [6.45, 7) is 4.37. The SMILES string of the molecule is CCN1CCC[C@@H]2OC(c3ccccc3)c3cc(OC)c(OC)cc3[C@@H]21. The second-order valence-corrected chi connectivity index (χ2v) is 7.02. The fraction of sp³-hybridized carbons (Fsp3) is 0.455. The molecule has 0 saturated carbocycles. The Hall–Kier alpha value is -2.04. The molecule has 1 saturated heterocycles. The van der Waals surface area contributed by atoms with E-state index in [2.05, 4.69) is 48.2 Å². The number of rotatable bonds is 4. The minimum Gasteiger partial charge on any atom is -0.493 e. The highest BCUT2D eigenvalue weighted by Crippen LogP contribution is 2.48. The fourth-order valence-electron chi connectivity index (χ4n) is 4.45. The quantitative estimate of drug-likeness (QED) is 0.818. The van der Waals surface area contributed by atoms with Gasteiger partial charge in [-0.3, -0.25) is 4.90 Å². The molecule has 138 valence electrons. The topological polar surface area (TPSA) is 30.9 Å². The highest BCUT2D eigenvalue weighted by molar-refractivity contribution is 5.52. The Bertz CT molecular complexity index is 761. The van der Waals surface area contributed by atoms with Crippen LogP contribution in [-0.2, 0) is 4.74 Å². The zero-order chi connectivity index (χ0) is 18.1. The number of nitrogens with zero attached hydrogens (tertiary/aromatic N) is 1. The van der Waals surface area contributed by atoms with Gasteiger partial charge in [-0.15, -0.1) is 0 Å². The zero-order valence-corrected chi connectivity index (χ0v) is 15.8. The molecule has 4 rings (SSSR count). The molecule has 2 heterocycles. The molecule has 4 heteroatoms. The van der Waals surface area contributed by atoms with Crippen LogP contribution in [0.2, 0.25) is 0 Å². The average molecular weight is 353 g/mol. The smallest absolute Gasteiger partial charge is 0.161 e. The molecule has 0 bridgehead atoms. The number of fused-ring (bicyclic) bond motifs is 3. The van der Waals surface area contributed by atoms with Crippen LogP contribution in [0.1, 0.15) is 48.6 Å². The number of methoxy groups -OCH3 is 2. The van der Waals surface area contributed by atoms with Gasteiger partial charge in [-0.05, 0) is 54.8 Å². The van der Waals surface area contributed by atoms with Crippen molar-refractivity contribution in [2.24, 2.45) is 0 Å². The van der Waals surface area contributed by atoms with Gasteiger partial charge >= 0.3 is 0 Å². The van der Waals surface area contributed by atoms with Gasteiger partial charge in [-0.2, -0.15) is 0 Å². The molecule has 1 fully saturated rings. The van der Waals surface area contributed by atoms with E-state index in [0.717, 1.165) is 31.0 Å². The lowest BCUT2D eigenvalue weighted by atomic mass is 9.83. The molecule has 0 radical (unpaired) electrons. The third-order valence-electron chi connectivity index (χ3n) is 5.69. The van der Waals surface area contributed by atoms with Crippen molar-refractivity contribution >= 4 is 0 Å². The minimum absolute atomic E-state index is 0.0657. The number of likely N-dealkylation sites (tertiary alicyclic amines) is 1. The Morgan fingerprint density at radius 1 is 1.04 bits per heavy atom. The first-order chi connectivity index (χ1) is 12.8. The molecule has 2 aliphatic heterocycles. The molecular formula is C22H27NO3. The number of ether oxygens (including phenoxy) is 3. The summed E-state index contributed by atoms with van der Waals surface area (Å²) in [4.78, 5) is 2.53. The lowest BCUT2D eigenvalue weighted by molar-refractivity contribution is -0.0846. The normalized spacial score (nSPS) is 25.3. The summed E-state index contributed by atoms with van der Waals surface area (Å²) in [5.41, 5.74) is 3.69. The van der Waals surface area contributed by atoms with Crippen LogP contribution in [0.4, 0.5) is 0 Å². The summed E-state index contributed by atoms with van der Waals surface area (Å²) < 4.78 is 17.9. The lowest BCUT2D eigenvalue weighted by Crippen LogP contribution is -2.46. The third kappa shape index (κ3) is 2.87.